The summed E-state index contributed by atoms with van der Waals surface area (Å²) in [5, 5.41) is 6.25. The average Bonchev–Trinajstić information content (AvgIpc) is 2.45. The molecule has 0 aromatic heterocycles. The zero-order chi connectivity index (χ0) is 15.3. The third kappa shape index (κ3) is 4.93. The summed E-state index contributed by atoms with van der Waals surface area (Å²) in [7, 11) is 1.68. The summed E-state index contributed by atoms with van der Waals surface area (Å²) in [6.07, 6.45) is 1.92. The summed E-state index contributed by atoms with van der Waals surface area (Å²) in [4.78, 5) is 12.2. The van der Waals surface area contributed by atoms with Crippen LogP contribution >= 0.6 is 12.4 Å². The van der Waals surface area contributed by atoms with E-state index in [1.165, 1.54) is 12.1 Å². The van der Waals surface area contributed by atoms with E-state index in [1.54, 1.807) is 20.1 Å². The SMILES string of the molecule is COCC1(CNC(=O)c2cc(C)cc(F)c2)CCNCC1.Cl. The number of carbonyl (C=O) groups excluding carboxylic acids is 1. The van der Waals surface area contributed by atoms with Crippen LogP contribution in [-0.4, -0.2) is 39.3 Å². The average molecular weight is 331 g/mol. The Labute approximate surface area is 137 Å². The summed E-state index contributed by atoms with van der Waals surface area (Å²) in [5.41, 5.74) is 1.08. The molecule has 2 rings (SSSR count). The molecule has 1 aromatic rings. The molecule has 1 heterocycles. The first-order valence-electron chi connectivity index (χ1n) is 7.30. The van der Waals surface area contributed by atoms with E-state index in [-0.39, 0.29) is 29.5 Å². The maximum atomic E-state index is 13.4. The maximum Gasteiger partial charge on any atom is 0.251 e. The number of piperidine rings is 1. The molecule has 0 unspecified atom stereocenters. The topological polar surface area (TPSA) is 50.4 Å². The highest BCUT2D eigenvalue weighted by molar-refractivity contribution is 5.94. The molecular formula is C16H24ClFN2O2. The zero-order valence-corrected chi connectivity index (χ0v) is 13.9. The lowest BCUT2D eigenvalue weighted by Crippen LogP contribution is -2.47. The van der Waals surface area contributed by atoms with Crippen molar-refractivity contribution in [3.05, 3.63) is 35.1 Å². The standard InChI is InChI=1S/C16H23FN2O2.ClH/c1-12-7-13(9-14(17)8-12)15(20)19-10-16(11-21-2)3-5-18-6-4-16;/h7-9,18H,3-6,10-11H2,1-2H3,(H,19,20);1H. The summed E-state index contributed by atoms with van der Waals surface area (Å²) in [6, 6.07) is 4.38. The minimum atomic E-state index is -0.381. The van der Waals surface area contributed by atoms with Gasteiger partial charge in [-0.15, -0.1) is 12.4 Å². The normalized spacial score (nSPS) is 16.7. The Morgan fingerprint density at radius 3 is 2.64 bits per heavy atom. The van der Waals surface area contributed by atoms with E-state index in [0.717, 1.165) is 31.5 Å². The van der Waals surface area contributed by atoms with Crippen molar-refractivity contribution in [1.29, 1.82) is 0 Å². The van der Waals surface area contributed by atoms with Crippen molar-refractivity contribution in [3.8, 4) is 0 Å². The van der Waals surface area contributed by atoms with Gasteiger partial charge in [-0.25, -0.2) is 4.39 Å². The molecule has 1 aliphatic rings. The van der Waals surface area contributed by atoms with E-state index in [4.69, 9.17) is 4.74 Å². The van der Waals surface area contributed by atoms with Crippen LogP contribution in [-0.2, 0) is 4.74 Å². The van der Waals surface area contributed by atoms with E-state index in [1.807, 2.05) is 0 Å². The smallest absolute Gasteiger partial charge is 0.251 e. The molecule has 2 N–H and O–H groups in total. The lowest BCUT2D eigenvalue weighted by Gasteiger charge is -2.37. The highest BCUT2D eigenvalue weighted by Crippen LogP contribution is 2.28. The lowest BCUT2D eigenvalue weighted by atomic mass is 9.79. The largest absolute Gasteiger partial charge is 0.384 e. The predicted molar refractivity (Wildman–Crippen MR) is 87.1 cm³/mol. The molecule has 6 heteroatoms. The minimum absolute atomic E-state index is 0. The van der Waals surface area contributed by atoms with Crippen LogP contribution < -0.4 is 10.6 Å². The number of halogens is 2. The minimum Gasteiger partial charge on any atom is -0.384 e. The van der Waals surface area contributed by atoms with Crippen LogP contribution in [0, 0.1) is 18.2 Å². The Kier molecular flexibility index (Phi) is 7.26. The Morgan fingerprint density at radius 1 is 1.36 bits per heavy atom. The van der Waals surface area contributed by atoms with Gasteiger partial charge in [0.1, 0.15) is 5.82 Å². The quantitative estimate of drug-likeness (QED) is 0.871. The summed E-state index contributed by atoms with van der Waals surface area (Å²) < 4.78 is 18.7. The van der Waals surface area contributed by atoms with Crippen molar-refractivity contribution in [2.24, 2.45) is 5.41 Å². The van der Waals surface area contributed by atoms with E-state index >= 15 is 0 Å². The first kappa shape index (κ1) is 18.9. The van der Waals surface area contributed by atoms with Crippen molar-refractivity contribution >= 4 is 18.3 Å². The van der Waals surface area contributed by atoms with Gasteiger partial charge in [-0.1, -0.05) is 0 Å². The number of amides is 1. The lowest BCUT2D eigenvalue weighted by molar-refractivity contribution is 0.0511. The number of aryl methyl sites for hydroxylation is 1. The maximum absolute atomic E-state index is 13.4. The van der Waals surface area contributed by atoms with Crippen molar-refractivity contribution in [3.63, 3.8) is 0 Å². The molecule has 0 bridgehead atoms. The van der Waals surface area contributed by atoms with Crippen LogP contribution in [0.1, 0.15) is 28.8 Å². The van der Waals surface area contributed by atoms with Crippen LogP contribution in [0.5, 0.6) is 0 Å². The van der Waals surface area contributed by atoms with Crippen LogP contribution in [0.3, 0.4) is 0 Å². The van der Waals surface area contributed by atoms with Gasteiger partial charge in [-0.05, 0) is 56.6 Å². The highest BCUT2D eigenvalue weighted by atomic mass is 35.5. The second-order valence-electron chi connectivity index (χ2n) is 5.88. The third-order valence-corrected chi connectivity index (χ3v) is 4.04. The second-order valence-corrected chi connectivity index (χ2v) is 5.88. The van der Waals surface area contributed by atoms with E-state index in [0.29, 0.717) is 18.7 Å². The van der Waals surface area contributed by atoms with Gasteiger partial charge < -0.3 is 15.4 Å². The number of nitrogens with one attached hydrogen (secondary N) is 2. The molecule has 0 atom stereocenters. The summed E-state index contributed by atoms with van der Waals surface area (Å²) >= 11 is 0. The number of rotatable bonds is 5. The van der Waals surface area contributed by atoms with Crippen molar-refractivity contribution in [2.75, 3.05) is 33.4 Å². The molecule has 0 spiro atoms. The van der Waals surface area contributed by atoms with Crippen LogP contribution in [0.2, 0.25) is 0 Å². The monoisotopic (exact) mass is 330 g/mol. The molecule has 1 aliphatic heterocycles. The molecule has 22 heavy (non-hydrogen) atoms. The Balaban J connectivity index is 0.00000242. The van der Waals surface area contributed by atoms with Gasteiger partial charge in [0.15, 0.2) is 0 Å². The van der Waals surface area contributed by atoms with E-state index in [2.05, 4.69) is 10.6 Å². The fraction of sp³-hybridized carbons (Fsp3) is 0.562. The van der Waals surface area contributed by atoms with Gasteiger partial charge in [-0.2, -0.15) is 0 Å². The van der Waals surface area contributed by atoms with Crippen LogP contribution in [0.4, 0.5) is 4.39 Å². The number of hydrogen-bond acceptors (Lipinski definition) is 3. The molecule has 4 nitrogen and oxygen atoms in total. The molecule has 1 fully saturated rings. The van der Waals surface area contributed by atoms with E-state index in [9.17, 15) is 9.18 Å². The van der Waals surface area contributed by atoms with Gasteiger partial charge in [0.25, 0.3) is 5.91 Å². The summed E-state index contributed by atoms with van der Waals surface area (Å²) in [5.74, 6) is -0.611. The van der Waals surface area contributed by atoms with Gasteiger partial charge in [0.05, 0.1) is 6.61 Å². The van der Waals surface area contributed by atoms with Gasteiger partial charge >= 0.3 is 0 Å². The van der Waals surface area contributed by atoms with Crippen LogP contribution in [0.25, 0.3) is 0 Å². The van der Waals surface area contributed by atoms with Crippen molar-refractivity contribution in [2.45, 2.75) is 19.8 Å². The molecule has 0 saturated carbocycles. The van der Waals surface area contributed by atoms with Gasteiger partial charge in [0, 0.05) is 24.6 Å². The fourth-order valence-electron chi connectivity index (χ4n) is 2.87. The molecule has 1 saturated heterocycles. The predicted octanol–water partition coefficient (Wildman–Crippen LogP) is 2.30. The molecule has 1 amide bonds. The van der Waals surface area contributed by atoms with Gasteiger partial charge in [-0.3, -0.25) is 4.79 Å². The van der Waals surface area contributed by atoms with Crippen LogP contribution in [0.15, 0.2) is 18.2 Å². The first-order chi connectivity index (χ1) is 10.0. The third-order valence-electron chi connectivity index (χ3n) is 4.04. The molecular weight excluding hydrogens is 307 g/mol. The first-order valence-corrected chi connectivity index (χ1v) is 7.30. The summed E-state index contributed by atoms with van der Waals surface area (Å²) in [6.45, 7) is 4.81. The highest BCUT2D eigenvalue weighted by Gasteiger charge is 2.32. The molecule has 1 aromatic carbocycles. The number of carbonyl (C=O) groups is 1. The molecule has 0 aliphatic carbocycles. The van der Waals surface area contributed by atoms with Gasteiger partial charge in [0.2, 0.25) is 0 Å². The molecule has 124 valence electrons. The zero-order valence-electron chi connectivity index (χ0n) is 13.1. The number of benzene rings is 1. The van der Waals surface area contributed by atoms with Crippen molar-refractivity contribution < 1.29 is 13.9 Å². The fourth-order valence-corrected chi connectivity index (χ4v) is 2.87. The molecule has 0 radical (unpaired) electrons. The number of methoxy groups -OCH3 is 1. The second kappa shape index (κ2) is 8.46. The number of hydrogen-bond donors (Lipinski definition) is 2. The Bertz CT molecular complexity index is 479. The van der Waals surface area contributed by atoms with Crippen molar-refractivity contribution in [1.82, 2.24) is 10.6 Å². The Morgan fingerprint density at radius 2 is 2.05 bits per heavy atom. The number of ether oxygens (including phenoxy) is 1. The van der Waals surface area contributed by atoms with E-state index < -0.39 is 0 Å². The Hall–Kier alpha value is -1.17.